The Morgan fingerprint density at radius 3 is 2.76 bits per heavy atom. The van der Waals surface area contributed by atoms with Crippen molar-refractivity contribution < 1.29 is 0 Å². The van der Waals surface area contributed by atoms with Gasteiger partial charge < -0.3 is 10.3 Å². The van der Waals surface area contributed by atoms with E-state index in [-0.39, 0.29) is 5.56 Å². The number of para-hydroxylation sites is 1. The Balaban J connectivity index is 1.48. The summed E-state index contributed by atoms with van der Waals surface area (Å²) in [6.07, 6.45) is 1.78. The molecule has 0 atom stereocenters. The highest BCUT2D eigenvalue weighted by Crippen LogP contribution is 2.21. The first-order valence-corrected chi connectivity index (χ1v) is 9.45. The highest BCUT2D eigenvalue weighted by molar-refractivity contribution is 5.82. The summed E-state index contributed by atoms with van der Waals surface area (Å²) in [7, 11) is 0. The molecule has 2 aromatic carbocycles. The Hall–Kier alpha value is -3.93. The van der Waals surface area contributed by atoms with Crippen molar-refractivity contribution in [1.29, 1.82) is 0 Å². The molecular formula is C23H19N5O. The van der Waals surface area contributed by atoms with Gasteiger partial charge in [-0.15, -0.1) is 0 Å². The van der Waals surface area contributed by atoms with Gasteiger partial charge in [0.05, 0.1) is 16.9 Å². The Bertz CT molecular complexity index is 1390. The second kappa shape index (κ2) is 6.91. The van der Waals surface area contributed by atoms with Gasteiger partial charge in [0.15, 0.2) is 0 Å². The maximum absolute atomic E-state index is 12.7. The van der Waals surface area contributed by atoms with Crippen LogP contribution in [0.1, 0.15) is 11.3 Å². The average molecular weight is 381 g/mol. The fourth-order valence-corrected chi connectivity index (χ4v) is 3.53. The summed E-state index contributed by atoms with van der Waals surface area (Å²) in [6.45, 7) is 2.38. The molecule has 142 valence electrons. The van der Waals surface area contributed by atoms with Crippen LogP contribution in [0.4, 0.5) is 5.69 Å². The van der Waals surface area contributed by atoms with E-state index >= 15 is 0 Å². The predicted octanol–water partition coefficient (Wildman–Crippen LogP) is 4.18. The first-order valence-electron chi connectivity index (χ1n) is 9.45. The number of rotatable bonds is 4. The van der Waals surface area contributed by atoms with Crippen molar-refractivity contribution in [2.45, 2.75) is 13.5 Å². The fourth-order valence-electron chi connectivity index (χ4n) is 3.53. The van der Waals surface area contributed by atoms with E-state index in [0.717, 1.165) is 33.4 Å². The molecule has 29 heavy (non-hydrogen) atoms. The van der Waals surface area contributed by atoms with Gasteiger partial charge in [-0.05, 0) is 49.4 Å². The van der Waals surface area contributed by atoms with Gasteiger partial charge in [-0.1, -0.05) is 24.3 Å². The molecule has 0 bridgehead atoms. The number of nitrogens with zero attached hydrogens (tertiary/aromatic N) is 3. The van der Waals surface area contributed by atoms with Gasteiger partial charge in [-0.25, -0.2) is 4.68 Å². The van der Waals surface area contributed by atoms with Crippen molar-refractivity contribution in [3.05, 3.63) is 94.5 Å². The lowest BCUT2D eigenvalue weighted by atomic mass is 10.1. The molecule has 6 heteroatoms. The van der Waals surface area contributed by atoms with Crippen molar-refractivity contribution in [1.82, 2.24) is 19.7 Å². The lowest BCUT2D eigenvalue weighted by Gasteiger charge is -2.08. The van der Waals surface area contributed by atoms with Gasteiger partial charge in [-0.2, -0.15) is 5.10 Å². The lowest BCUT2D eigenvalue weighted by molar-refractivity contribution is 0.874. The lowest BCUT2D eigenvalue weighted by Crippen LogP contribution is -2.16. The zero-order valence-corrected chi connectivity index (χ0v) is 15.9. The van der Waals surface area contributed by atoms with E-state index in [0.29, 0.717) is 17.8 Å². The smallest absolute Gasteiger partial charge is 0.254 e. The van der Waals surface area contributed by atoms with Crippen LogP contribution in [0.25, 0.3) is 27.6 Å². The molecule has 2 N–H and O–H groups in total. The molecule has 0 saturated carbocycles. The first kappa shape index (κ1) is 17.2. The quantitative estimate of drug-likeness (QED) is 0.490. The number of fused-ring (bicyclic) bond motifs is 2. The number of aryl methyl sites for hydroxylation is 1. The topological polar surface area (TPSA) is 75.6 Å². The van der Waals surface area contributed by atoms with Crippen molar-refractivity contribution in [2.24, 2.45) is 0 Å². The molecule has 0 spiro atoms. The number of hydrogen-bond acceptors (Lipinski definition) is 4. The molecule has 5 aromatic rings. The maximum atomic E-state index is 12.7. The number of nitrogens with one attached hydrogen (secondary N) is 2. The van der Waals surface area contributed by atoms with Gasteiger partial charge in [0, 0.05) is 34.8 Å². The first-order chi connectivity index (χ1) is 14.2. The molecule has 0 radical (unpaired) electrons. The highest BCUT2D eigenvalue weighted by atomic mass is 16.1. The molecular weight excluding hydrogens is 362 g/mol. The summed E-state index contributed by atoms with van der Waals surface area (Å²) >= 11 is 0. The SMILES string of the molecule is Cc1nn(-c2ccccc2)c2[nH]c(=O)c(CNc3ccc4ncccc4c3)cc12. The summed E-state index contributed by atoms with van der Waals surface area (Å²) in [5.74, 6) is 0. The molecule has 3 aromatic heterocycles. The number of benzene rings is 2. The highest BCUT2D eigenvalue weighted by Gasteiger charge is 2.12. The molecule has 0 saturated heterocycles. The summed E-state index contributed by atoms with van der Waals surface area (Å²) < 4.78 is 1.78. The van der Waals surface area contributed by atoms with Crippen molar-refractivity contribution in [2.75, 3.05) is 5.32 Å². The minimum Gasteiger partial charge on any atom is -0.381 e. The Kier molecular flexibility index (Phi) is 4.09. The van der Waals surface area contributed by atoms with Crippen LogP contribution in [0, 0.1) is 6.92 Å². The Morgan fingerprint density at radius 1 is 1.03 bits per heavy atom. The molecule has 0 aliphatic heterocycles. The second-order valence-electron chi connectivity index (χ2n) is 6.98. The van der Waals surface area contributed by atoms with E-state index in [9.17, 15) is 4.79 Å². The van der Waals surface area contributed by atoms with Crippen LogP contribution < -0.4 is 10.9 Å². The third-order valence-electron chi connectivity index (χ3n) is 5.04. The molecule has 0 amide bonds. The molecule has 0 aliphatic carbocycles. The van der Waals surface area contributed by atoms with E-state index in [1.165, 1.54) is 0 Å². The maximum Gasteiger partial charge on any atom is 0.254 e. The normalized spacial score (nSPS) is 11.2. The van der Waals surface area contributed by atoms with Crippen LogP contribution in [0.5, 0.6) is 0 Å². The van der Waals surface area contributed by atoms with Crippen LogP contribution in [-0.2, 0) is 6.54 Å². The van der Waals surface area contributed by atoms with Gasteiger partial charge in [-0.3, -0.25) is 9.78 Å². The molecule has 3 heterocycles. The number of aromatic amines is 1. The number of H-pyrrole nitrogens is 1. The Morgan fingerprint density at radius 2 is 1.90 bits per heavy atom. The van der Waals surface area contributed by atoms with Crippen LogP contribution in [-0.4, -0.2) is 19.7 Å². The third kappa shape index (κ3) is 3.14. The summed E-state index contributed by atoms with van der Waals surface area (Å²) in [5, 5.41) is 9.95. The minimum atomic E-state index is -0.121. The minimum absolute atomic E-state index is 0.121. The van der Waals surface area contributed by atoms with Crippen LogP contribution in [0.3, 0.4) is 0 Å². The molecule has 0 unspecified atom stereocenters. The third-order valence-corrected chi connectivity index (χ3v) is 5.04. The molecule has 0 aliphatic rings. The van der Waals surface area contributed by atoms with E-state index in [4.69, 9.17) is 0 Å². The summed E-state index contributed by atoms with van der Waals surface area (Å²) in [4.78, 5) is 20.1. The molecule has 6 nitrogen and oxygen atoms in total. The average Bonchev–Trinajstić information content (AvgIpc) is 3.08. The Labute approximate surface area is 166 Å². The van der Waals surface area contributed by atoms with Gasteiger partial charge in [0.25, 0.3) is 5.56 Å². The van der Waals surface area contributed by atoms with Gasteiger partial charge in [0.1, 0.15) is 5.65 Å². The van der Waals surface area contributed by atoms with Crippen molar-refractivity contribution >= 4 is 27.6 Å². The predicted molar refractivity (Wildman–Crippen MR) is 115 cm³/mol. The zero-order chi connectivity index (χ0) is 19.8. The van der Waals surface area contributed by atoms with Crippen molar-refractivity contribution in [3.63, 3.8) is 0 Å². The fraction of sp³-hybridized carbons (Fsp3) is 0.0870. The van der Waals surface area contributed by atoms with E-state index in [2.05, 4.69) is 20.4 Å². The van der Waals surface area contributed by atoms with Gasteiger partial charge in [0.2, 0.25) is 0 Å². The summed E-state index contributed by atoms with van der Waals surface area (Å²) in [5.41, 5.74) is 4.93. The van der Waals surface area contributed by atoms with Crippen molar-refractivity contribution in [3.8, 4) is 5.69 Å². The summed E-state index contributed by atoms with van der Waals surface area (Å²) in [6, 6.07) is 21.6. The molecule has 5 rings (SSSR count). The number of hydrogen-bond donors (Lipinski definition) is 2. The largest absolute Gasteiger partial charge is 0.381 e. The van der Waals surface area contributed by atoms with Crippen LogP contribution >= 0.6 is 0 Å². The monoisotopic (exact) mass is 381 g/mol. The number of anilines is 1. The standard InChI is InChI=1S/C23H19N5O/c1-15-20-13-17(14-25-18-9-10-21-16(12-18)6-5-11-24-21)23(29)26-22(20)28(27-15)19-7-3-2-4-8-19/h2-13,25H,14H2,1H3,(H,26,29). The van der Waals surface area contributed by atoms with Gasteiger partial charge >= 0.3 is 0 Å². The second-order valence-corrected chi connectivity index (χ2v) is 6.98. The zero-order valence-electron chi connectivity index (χ0n) is 15.9. The number of pyridine rings is 2. The van der Waals surface area contributed by atoms with E-state index in [1.807, 2.05) is 73.7 Å². The van der Waals surface area contributed by atoms with E-state index in [1.54, 1.807) is 10.9 Å². The number of aromatic nitrogens is 4. The van der Waals surface area contributed by atoms with Crippen LogP contribution in [0.2, 0.25) is 0 Å². The van der Waals surface area contributed by atoms with Crippen LogP contribution in [0.15, 0.2) is 77.7 Å². The molecule has 0 fully saturated rings. The van der Waals surface area contributed by atoms with E-state index < -0.39 is 0 Å².